The van der Waals surface area contributed by atoms with Crippen molar-refractivity contribution in [3.05, 3.63) is 76.0 Å². The van der Waals surface area contributed by atoms with Gasteiger partial charge in [0.25, 0.3) is 5.56 Å². The molecular formula is C22H23FN4O4. The number of hydrogen-bond acceptors (Lipinski definition) is 6. The molecule has 1 amide bonds. The summed E-state index contributed by atoms with van der Waals surface area (Å²) >= 11 is 0. The summed E-state index contributed by atoms with van der Waals surface area (Å²) in [6, 6.07) is 13.1. The highest BCUT2D eigenvalue weighted by atomic mass is 19.1. The van der Waals surface area contributed by atoms with Crippen molar-refractivity contribution in [3.63, 3.8) is 0 Å². The maximum atomic E-state index is 13.2. The summed E-state index contributed by atoms with van der Waals surface area (Å²) in [4.78, 5) is 26.7. The Morgan fingerprint density at radius 1 is 1.16 bits per heavy atom. The van der Waals surface area contributed by atoms with Crippen LogP contribution in [0.5, 0.6) is 5.75 Å². The number of aromatic nitrogens is 3. The van der Waals surface area contributed by atoms with Crippen LogP contribution in [0.15, 0.2) is 53.3 Å². The second kappa shape index (κ2) is 11.0. The molecule has 2 N–H and O–H groups in total. The number of halogens is 1. The monoisotopic (exact) mass is 426 g/mol. The predicted molar refractivity (Wildman–Crippen MR) is 112 cm³/mol. The number of carbonyl (C=O) groups excluding carboxylic acids is 1. The molecule has 0 aliphatic carbocycles. The molecule has 0 saturated heterocycles. The maximum Gasteiger partial charge on any atom is 0.273 e. The number of amides is 1. The first-order chi connectivity index (χ1) is 15.0. The van der Waals surface area contributed by atoms with Crippen LogP contribution in [-0.2, 0) is 22.6 Å². The van der Waals surface area contributed by atoms with Crippen LogP contribution < -0.4 is 15.6 Å². The molecule has 9 heteroatoms. The van der Waals surface area contributed by atoms with Crippen molar-refractivity contribution in [3.8, 4) is 17.1 Å². The fraction of sp³-hybridized carbons (Fsp3) is 0.273. The van der Waals surface area contributed by atoms with E-state index in [1.165, 1.54) is 12.1 Å². The van der Waals surface area contributed by atoms with Crippen LogP contribution >= 0.6 is 0 Å². The minimum absolute atomic E-state index is 0.137. The molecule has 8 nitrogen and oxygen atoms in total. The van der Waals surface area contributed by atoms with Gasteiger partial charge in [-0.05, 0) is 42.0 Å². The van der Waals surface area contributed by atoms with Crippen molar-refractivity contribution in [2.45, 2.75) is 19.4 Å². The summed E-state index contributed by atoms with van der Waals surface area (Å²) in [6.07, 6.45) is 0.326. The quantitative estimate of drug-likeness (QED) is 0.482. The molecule has 0 aliphatic heterocycles. The number of nitrogens with zero attached hydrogens (tertiary/aromatic N) is 2. The number of aryl methyl sites for hydroxylation is 1. The van der Waals surface area contributed by atoms with E-state index in [1.807, 2.05) is 0 Å². The highest BCUT2D eigenvalue weighted by Gasteiger charge is 2.10. The fourth-order valence-electron chi connectivity index (χ4n) is 2.77. The van der Waals surface area contributed by atoms with Gasteiger partial charge in [0, 0.05) is 32.1 Å². The van der Waals surface area contributed by atoms with Crippen molar-refractivity contribution < 1.29 is 18.7 Å². The lowest BCUT2D eigenvalue weighted by molar-refractivity contribution is -0.121. The number of methoxy groups -OCH3 is 1. The number of rotatable bonds is 10. The zero-order valence-electron chi connectivity index (χ0n) is 17.1. The number of benzene rings is 2. The largest absolute Gasteiger partial charge is 0.489 e. The van der Waals surface area contributed by atoms with Crippen molar-refractivity contribution >= 4 is 5.91 Å². The van der Waals surface area contributed by atoms with E-state index in [0.717, 1.165) is 5.56 Å². The van der Waals surface area contributed by atoms with Crippen LogP contribution in [-0.4, -0.2) is 41.3 Å². The van der Waals surface area contributed by atoms with Gasteiger partial charge < -0.3 is 19.8 Å². The molecule has 0 aliphatic rings. The molecule has 0 bridgehead atoms. The summed E-state index contributed by atoms with van der Waals surface area (Å²) in [5.74, 6) is 0.416. The third kappa shape index (κ3) is 6.71. The first-order valence-corrected chi connectivity index (χ1v) is 9.74. The van der Waals surface area contributed by atoms with E-state index in [1.54, 1.807) is 43.5 Å². The lowest BCUT2D eigenvalue weighted by atomic mass is 10.2. The lowest BCUT2D eigenvalue weighted by Crippen LogP contribution is -2.28. The molecule has 1 heterocycles. The Morgan fingerprint density at radius 2 is 1.97 bits per heavy atom. The van der Waals surface area contributed by atoms with Gasteiger partial charge >= 0.3 is 0 Å². The maximum absolute atomic E-state index is 13.2. The van der Waals surface area contributed by atoms with Crippen molar-refractivity contribution in [1.29, 1.82) is 0 Å². The molecule has 0 unspecified atom stereocenters. The molecule has 3 rings (SSSR count). The van der Waals surface area contributed by atoms with E-state index in [9.17, 15) is 14.0 Å². The Hall–Kier alpha value is -3.59. The molecule has 0 radical (unpaired) electrons. The number of nitrogens with one attached hydrogen (secondary N) is 2. The molecule has 0 atom stereocenters. The molecule has 162 valence electrons. The Kier molecular flexibility index (Phi) is 7.83. The predicted octanol–water partition coefficient (Wildman–Crippen LogP) is 2.25. The van der Waals surface area contributed by atoms with Gasteiger partial charge in [0.15, 0.2) is 5.82 Å². The second-order valence-corrected chi connectivity index (χ2v) is 6.74. The number of aromatic amines is 1. The Labute approximate surface area is 178 Å². The van der Waals surface area contributed by atoms with E-state index in [0.29, 0.717) is 30.3 Å². The van der Waals surface area contributed by atoms with Gasteiger partial charge in [0.05, 0.1) is 6.61 Å². The Balaban J connectivity index is 1.57. The van der Waals surface area contributed by atoms with Crippen LogP contribution in [0.4, 0.5) is 4.39 Å². The number of H-pyrrole nitrogens is 1. The van der Waals surface area contributed by atoms with E-state index in [4.69, 9.17) is 9.47 Å². The molecule has 2 aromatic carbocycles. The van der Waals surface area contributed by atoms with Gasteiger partial charge in [0.1, 0.15) is 23.9 Å². The fourth-order valence-corrected chi connectivity index (χ4v) is 2.77. The first-order valence-electron chi connectivity index (χ1n) is 9.74. The summed E-state index contributed by atoms with van der Waals surface area (Å²) in [7, 11) is 1.55. The molecule has 0 fully saturated rings. The third-order valence-corrected chi connectivity index (χ3v) is 4.40. The van der Waals surface area contributed by atoms with Crippen LogP contribution in [0.3, 0.4) is 0 Å². The van der Waals surface area contributed by atoms with Crippen molar-refractivity contribution in [2.75, 3.05) is 20.3 Å². The van der Waals surface area contributed by atoms with Gasteiger partial charge in [-0.3, -0.25) is 9.59 Å². The van der Waals surface area contributed by atoms with Crippen LogP contribution in [0.25, 0.3) is 11.4 Å². The Morgan fingerprint density at radius 3 is 2.68 bits per heavy atom. The minimum atomic E-state index is -0.388. The first kappa shape index (κ1) is 22.1. The number of ether oxygens (including phenoxy) is 2. The number of hydrogen-bond donors (Lipinski definition) is 2. The molecular weight excluding hydrogens is 403 g/mol. The number of carbonyl (C=O) groups is 1. The SMILES string of the molecule is COCCNC(=O)CCc1nnc(-c2ccc(OCc3cccc(F)c3)cc2)[nH]c1=O. The Bertz CT molecular complexity index is 1070. The standard InChI is InChI=1S/C22H23FN4O4/c1-30-12-11-24-20(28)10-9-19-22(29)25-21(27-26-19)16-5-7-18(8-6-16)31-14-15-3-2-4-17(23)13-15/h2-8,13H,9-12,14H2,1H3,(H,24,28)(H,25,27,29). The zero-order chi connectivity index (χ0) is 22.1. The van der Waals surface area contributed by atoms with E-state index >= 15 is 0 Å². The highest BCUT2D eigenvalue weighted by molar-refractivity contribution is 5.76. The molecule has 0 spiro atoms. The summed E-state index contributed by atoms with van der Waals surface area (Å²) < 4.78 is 23.7. The molecule has 1 aromatic heterocycles. The third-order valence-electron chi connectivity index (χ3n) is 4.40. The van der Waals surface area contributed by atoms with Gasteiger partial charge in [0.2, 0.25) is 5.91 Å². The normalized spacial score (nSPS) is 10.6. The second-order valence-electron chi connectivity index (χ2n) is 6.74. The summed E-state index contributed by atoms with van der Waals surface area (Å²) in [6.45, 7) is 1.08. The average Bonchev–Trinajstić information content (AvgIpc) is 2.77. The average molecular weight is 426 g/mol. The topological polar surface area (TPSA) is 106 Å². The molecule has 0 saturated carbocycles. The highest BCUT2D eigenvalue weighted by Crippen LogP contribution is 2.19. The zero-order valence-corrected chi connectivity index (χ0v) is 17.1. The van der Waals surface area contributed by atoms with Crippen LogP contribution in [0, 0.1) is 5.82 Å². The summed E-state index contributed by atoms with van der Waals surface area (Å²) in [5, 5.41) is 10.7. The van der Waals surface area contributed by atoms with Crippen LogP contribution in [0.1, 0.15) is 17.7 Å². The van der Waals surface area contributed by atoms with Gasteiger partial charge in [-0.2, -0.15) is 0 Å². The smallest absolute Gasteiger partial charge is 0.273 e. The van der Waals surface area contributed by atoms with E-state index in [-0.39, 0.29) is 42.4 Å². The van der Waals surface area contributed by atoms with E-state index in [2.05, 4.69) is 20.5 Å². The minimum Gasteiger partial charge on any atom is -0.489 e. The van der Waals surface area contributed by atoms with Crippen LogP contribution in [0.2, 0.25) is 0 Å². The van der Waals surface area contributed by atoms with E-state index < -0.39 is 0 Å². The molecule has 3 aromatic rings. The van der Waals surface area contributed by atoms with Gasteiger partial charge in [-0.15, -0.1) is 10.2 Å². The van der Waals surface area contributed by atoms with Crippen molar-refractivity contribution in [1.82, 2.24) is 20.5 Å². The molecule has 31 heavy (non-hydrogen) atoms. The van der Waals surface area contributed by atoms with Gasteiger partial charge in [-0.25, -0.2) is 4.39 Å². The van der Waals surface area contributed by atoms with Gasteiger partial charge in [-0.1, -0.05) is 12.1 Å². The lowest BCUT2D eigenvalue weighted by Gasteiger charge is -2.07. The van der Waals surface area contributed by atoms with Crippen molar-refractivity contribution in [2.24, 2.45) is 0 Å². The summed E-state index contributed by atoms with van der Waals surface area (Å²) in [5.41, 5.74) is 1.19.